The molecule has 0 radical (unpaired) electrons. The molecular formula is C12H22. The average molecular weight is 166 g/mol. The van der Waals surface area contributed by atoms with Crippen molar-refractivity contribution < 1.29 is 0 Å². The van der Waals surface area contributed by atoms with Crippen LogP contribution in [0.5, 0.6) is 0 Å². The number of hydrogen-bond donors (Lipinski definition) is 0. The molecule has 2 rings (SSSR count). The van der Waals surface area contributed by atoms with E-state index in [0.29, 0.717) is 0 Å². The van der Waals surface area contributed by atoms with Crippen molar-refractivity contribution in [2.45, 2.75) is 40.5 Å². The van der Waals surface area contributed by atoms with Gasteiger partial charge in [-0.1, -0.05) is 34.1 Å². The summed E-state index contributed by atoms with van der Waals surface area (Å²) in [6.07, 6.45) is 2.96. The summed E-state index contributed by atoms with van der Waals surface area (Å²) in [4.78, 5) is 0. The molecule has 0 aromatic carbocycles. The highest BCUT2D eigenvalue weighted by molar-refractivity contribution is 5.00. The minimum Gasteiger partial charge on any atom is -0.0651 e. The Balaban J connectivity index is 1.76. The van der Waals surface area contributed by atoms with Gasteiger partial charge in [0.15, 0.2) is 0 Å². The van der Waals surface area contributed by atoms with Gasteiger partial charge in [-0.25, -0.2) is 0 Å². The third-order valence-corrected chi connectivity index (χ3v) is 4.81. The Bertz CT molecular complexity index is 165. The minimum atomic E-state index is 1.04. The predicted molar refractivity (Wildman–Crippen MR) is 52.9 cm³/mol. The molecule has 0 saturated heterocycles. The van der Waals surface area contributed by atoms with E-state index < -0.39 is 0 Å². The van der Waals surface area contributed by atoms with Gasteiger partial charge in [-0.15, -0.1) is 0 Å². The van der Waals surface area contributed by atoms with Crippen LogP contribution in [0.2, 0.25) is 0 Å². The van der Waals surface area contributed by atoms with Gasteiger partial charge >= 0.3 is 0 Å². The predicted octanol–water partition coefficient (Wildman–Crippen LogP) is 3.57. The van der Waals surface area contributed by atoms with Crippen LogP contribution in [0.3, 0.4) is 0 Å². The monoisotopic (exact) mass is 166 g/mol. The lowest BCUT2D eigenvalue weighted by atomic mass is 10.1. The van der Waals surface area contributed by atoms with Gasteiger partial charge in [0.25, 0.3) is 0 Å². The molecule has 2 saturated carbocycles. The highest BCUT2D eigenvalue weighted by Crippen LogP contribution is 2.58. The van der Waals surface area contributed by atoms with Crippen molar-refractivity contribution in [1.29, 1.82) is 0 Å². The molecule has 2 aliphatic rings. The minimum absolute atomic E-state index is 1.04. The Morgan fingerprint density at radius 3 is 1.67 bits per heavy atom. The van der Waals surface area contributed by atoms with E-state index in [-0.39, 0.29) is 0 Å². The molecule has 0 aromatic heterocycles. The van der Waals surface area contributed by atoms with E-state index in [1.165, 1.54) is 6.42 Å². The van der Waals surface area contributed by atoms with Crippen molar-refractivity contribution in [2.24, 2.45) is 35.5 Å². The van der Waals surface area contributed by atoms with Crippen molar-refractivity contribution in [3.05, 3.63) is 0 Å². The van der Waals surface area contributed by atoms with Gasteiger partial charge in [0, 0.05) is 0 Å². The van der Waals surface area contributed by atoms with Crippen LogP contribution in [-0.2, 0) is 0 Å². The van der Waals surface area contributed by atoms with Gasteiger partial charge < -0.3 is 0 Å². The molecule has 0 amide bonds. The van der Waals surface area contributed by atoms with E-state index in [4.69, 9.17) is 0 Å². The van der Waals surface area contributed by atoms with Gasteiger partial charge in [-0.05, 0) is 41.9 Å². The largest absolute Gasteiger partial charge is 0.0651 e. The van der Waals surface area contributed by atoms with Gasteiger partial charge in [-0.2, -0.15) is 0 Å². The maximum atomic E-state index is 2.44. The zero-order chi connectivity index (χ0) is 8.88. The lowest BCUT2D eigenvalue weighted by molar-refractivity contribution is 0.547. The molecule has 0 aromatic rings. The molecule has 0 N–H and O–H groups in total. The molecule has 12 heavy (non-hydrogen) atoms. The second kappa shape index (κ2) is 2.75. The van der Waals surface area contributed by atoms with Crippen LogP contribution in [0, 0.1) is 35.5 Å². The van der Waals surface area contributed by atoms with E-state index in [0.717, 1.165) is 35.5 Å². The zero-order valence-electron chi connectivity index (χ0n) is 8.88. The molecule has 0 nitrogen and oxygen atoms in total. The normalized spacial score (nSPS) is 57.0. The number of hydrogen-bond acceptors (Lipinski definition) is 0. The molecular weight excluding hydrogens is 144 g/mol. The highest BCUT2D eigenvalue weighted by Gasteiger charge is 2.51. The summed E-state index contributed by atoms with van der Waals surface area (Å²) in [7, 11) is 0. The Hall–Kier alpha value is 0. The Morgan fingerprint density at radius 1 is 0.750 bits per heavy atom. The maximum absolute atomic E-state index is 2.44. The molecule has 5 unspecified atom stereocenters. The van der Waals surface area contributed by atoms with Crippen LogP contribution in [0.4, 0.5) is 0 Å². The summed E-state index contributed by atoms with van der Waals surface area (Å²) in [6.45, 7) is 9.63. The quantitative estimate of drug-likeness (QED) is 0.601. The SMILES string of the molecule is CCC1C(C)C1CC1C(C)C1C. The van der Waals surface area contributed by atoms with Crippen LogP contribution in [0.25, 0.3) is 0 Å². The van der Waals surface area contributed by atoms with Crippen LogP contribution < -0.4 is 0 Å². The van der Waals surface area contributed by atoms with E-state index in [1.807, 2.05) is 0 Å². The Morgan fingerprint density at radius 2 is 1.33 bits per heavy atom. The summed E-state index contributed by atoms with van der Waals surface area (Å²) in [6, 6.07) is 0. The second-order valence-corrected chi connectivity index (χ2v) is 5.21. The first kappa shape index (κ1) is 8.59. The van der Waals surface area contributed by atoms with E-state index in [9.17, 15) is 0 Å². The standard InChI is InChI=1S/C12H22/c1-5-10-9(4)12(10)6-11-7(2)8(11)3/h7-12H,5-6H2,1-4H3. The van der Waals surface area contributed by atoms with Crippen molar-refractivity contribution in [3.63, 3.8) is 0 Å². The van der Waals surface area contributed by atoms with Crippen molar-refractivity contribution in [1.82, 2.24) is 0 Å². The molecule has 0 bridgehead atoms. The van der Waals surface area contributed by atoms with E-state index >= 15 is 0 Å². The topological polar surface area (TPSA) is 0 Å². The third kappa shape index (κ3) is 1.20. The summed E-state index contributed by atoms with van der Waals surface area (Å²) >= 11 is 0. The first-order valence-electron chi connectivity index (χ1n) is 5.66. The van der Waals surface area contributed by atoms with Crippen LogP contribution in [0.15, 0.2) is 0 Å². The fourth-order valence-corrected chi connectivity index (χ4v) is 3.21. The molecule has 70 valence electrons. The smallest absolute Gasteiger partial charge is 0.0352 e. The fraction of sp³-hybridized carbons (Fsp3) is 1.00. The summed E-state index contributed by atoms with van der Waals surface area (Å²) in [5.41, 5.74) is 0. The molecule has 0 heteroatoms. The Kier molecular flexibility index (Phi) is 1.97. The molecule has 0 heterocycles. The lowest BCUT2D eigenvalue weighted by Gasteiger charge is -1.95. The van der Waals surface area contributed by atoms with Gasteiger partial charge in [-0.3, -0.25) is 0 Å². The van der Waals surface area contributed by atoms with E-state index in [1.54, 1.807) is 6.42 Å². The van der Waals surface area contributed by atoms with Crippen LogP contribution in [0.1, 0.15) is 40.5 Å². The molecule has 2 aliphatic carbocycles. The van der Waals surface area contributed by atoms with Gasteiger partial charge in [0.05, 0.1) is 0 Å². The maximum Gasteiger partial charge on any atom is -0.0352 e. The van der Waals surface area contributed by atoms with Gasteiger partial charge in [0.1, 0.15) is 0 Å². The van der Waals surface area contributed by atoms with Crippen molar-refractivity contribution >= 4 is 0 Å². The molecule has 2 fully saturated rings. The third-order valence-electron chi connectivity index (χ3n) is 4.81. The molecule has 5 atom stereocenters. The second-order valence-electron chi connectivity index (χ2n) is 5.21. The van der Waals surface area contributed by atoms with Crippen molar-refractivity contribution in [2.75, 3.05) is 0 Å². The first-order chi connectivity index (χ1) is 5.66. The molecule has 0 aliphatic heterocycles. The fourth-order valence-electron chi connectivity index (χ4n) is 3.21. The Labute approximate surface area is 76.7 Å². The summed E-state index contributed by atoms with van der Waals surface area (Å²) in [5.74, 6) is 6.41. The van der Waals surface area contributed by atoms with Gasteiger partial charge in [0.2, 0.25) is 0 Å². The lowest BCUT2D eigenvalue weighted by Crippen LogP contribution is -1.86. The van der Waals surface area contributed by atoms with Crippen LogP contribution in [-0.4, -0.2) is 0 Å². The zero-order valence-corrected chi connectivity index (χ0v) is 8.88. The van der Waals surface area contributed by atoms with Crippen LogP contribution >= 0.6 is 0 Å². The van der Waals surface area contributed by atoms with E-state index in [2.05, 4.69) is 27.7 Å². The highest BCUT2D eigenvalue weighted by atomic mass is 14.6. The van der Waals surface area contributed by atoms with Crippen molar-refractivity contribution in [3.8, 4) is 0 Å². The average Bonchev–Trinajstić information content (AvgIpc) is 2.85. The first-order valence-corrected chi connectivity index (χ1v) is 5.66. The summed E-state index contributed by atoms with van der Waals surface area (Å²) < 4.78 is 0. The summed E-state index contributed by atoms with van der Waals surface area (Å²) in [5, 5.41) is 0. The number of rotatable bonds is 3. The molecule has 0 spiro atoms.